The van der Waals surface area contributed by atoms with Crippen LogP contribution in [0.2, 0.25) is 0 Å². The van der Waals surface area contributed by atoms with Gasteiger partial charge in [-0.05, 0) is 30.5 Å². The topological polar surface area (TPSA) is 61.4 Å². The number of halogens is 2. The van der Waals surface area contributed by atoms with Crippen molar-refractivity contribution in [2.45, 2.75) is 18.9 Å². The number of carbonyl (C=O) groups is 2. The Hall–Kier alpha value is -3.22. The Balaban J connectivity index is 1.82. The standard InChI is InChI=1S/C22H23F2N3O2/c1-2-12-25-21(28)16-8-11-20(15-6-4-3-5-7-15)27(14-16)22(29)26-19-10-9-17(23)13-18(19)24/h2-7,9-10,13,16,20H,1,8,11-12,14H2,(H,25,28)(H,26,29). The van der Waals surface area contributed by atoms with E-state index < -0.39 is 17.7 Å². The van der Waals surface area contributed by atoms with Gasteiger partial charge >= 0.3 is 6.03 Å². The molecule has 2 N–H and O–H groups in total. The van der Waals surface area contributed by atoms with Gasteiger partial charge in [-0.1, -0.05) is 36.4 Å². The third kappa shape index (κ3) is 4.99. The van der Waals surface area contributed by atoms with E-state index in [9.17, 15) is 18.4 Å². The van der Waals surface area contributed by atoms with Crippen LogP contribution in [-0.2, 0) is 4.79 Å². The van der Waals surface area contributed by atoms with Gasteiger partial charge in [-0.15, -0.1) is 6.58 Å². The summed E-state index contributed by atoms with van der Waals surface area (Å²) < 4.78 is 27.1. The second-order valence-electron chi connectivity index (χ2n) is 6.94. The van der Waals surface area contributed by atoms with E-state index in [0.29, 0.717) is 25.5 Å². The maximum absolute atomic E-state index is 14.0. The summed E-state index contributed by atoms with van der Waals surface area (Å²) in [6.07, 6.45) is 2.81. The van der Waals surface area contributed by atoms with Gasteiger partial charge in [-0.2, -0.15) is 0 Å². The van der Waals surface area contributed by atoms with Crippen molar-refractivity contribution in [1.82, 2.24) is 10.2 Å². The summed E-state index contributed by atoms with van der Waals surface area (Å²) in [4.78, 5) is 26.9. The zero-order chi connectivity index (χ0) is 20.8. The molecular weight excluding hydrogens is 376 g/mol. The summed E-state index contributed by atoms with van der Waals surface area (Å²) in [6, 6.07) is 11.7. The minimum absolute atomic E-state index is 0.110. The van der Waals surface area contributed by atoms with Crippen LogP contribution >= 0.6 is 0 Å². The van der Waals surface area contributed by atoms with Crippen molar-refractivity contribution in [2.75, 3.05) is 18.4 Å². The van der Waals surface area contributed by atoms with Crippen LogP contribution < -0.4 is 10.6 Å². The molecule has 1 aliphatic rings. The van der Waals surface area contributed by atoms with Crippen LogP contribution in [0.5, 0.6) is 0 Å². The first-order valence-corrected chi connectivity index (χ1v) is 9.46. The molecule has 1 saturated heterocycles. The van der Waals surface area contributed by atoms with Gasteiger partial charge < -0.3 is 15.5 Å². The van der Waals surface area contributed by atoms with Gasteiger partial charge in [0.25, 0.3) is 0 Å². The lowest BCUT2D eigenvalue weighted by Gasteiger charge is -2.39. The summed E-state index contributed by atoms with van der Waals surface area (Å²) in [5.74, 6) is -2.10. The van der Waals surface area contributed by atoms with Crippen molar-refractivity contribution in [3.8, 4) is 0 Å². The number of rotatable bonds is 5. The van der Waals surface area contributed by atoms with E-state index in [0.717, 1.165) is 11.6 Å². The van der Waals surface area contributed by atoms with Gasteiger partial charge in [-0.25, -0.2) is 13.6 Å². The number of piperidine rings is 1. The Kier molecular flexibility index (Phi) is 6.59. The maximum Gasteiger partial charge on any atom is 0.322 e. The van der Waals surface area contributed by atoms with E-state index in [1.165, 1.54) is 6.07 Å². The highest BCUT2D eigenvalue weighted by Gasteiger charge is 2.35. The molecule has 29 heavy (non-hydrogen) atoms. The van der Waals surface area contributed by atoms with Crippen LogP contribution in [-0.4, -0.2) is 29.9 Å². The Bertz CT molecular complexity index is 889. The molecule has 1 aliphatic heterocycles. The molecule has 3 amide bonds. The minimum atomic E-state index is -0.855. The van der Waals surface area contributed by atoms with Gasteiger partial charge in [0.05, 0.1) is 17.6 Å². The fourth-order valence-corrected chi connectivity index (χ4v) is 3.53. The lowest BCUT2D eigenvalue weighted by molar-refractivity contribution is -0.126. The average Bonchev–Trinajstić information content (AvgIpc) is 2.74. The SMILES string of the molecule is C=CCNC(=O)C1CCC(c2ccccc2)N(C(=O)Nc2ccc(F)cc2F)C1. The molecule has 0 saturated carbocycles. The Morgan fingerprint density at radius 3 is 2.59 bits per heavy atom. The molecule has 0 aliphatic carbocycles. The number of amides is 3. The number of urea groups is 1. The van der Waals surface area contributed by atoms with E-state index in [4.69, 9.17) is 0 Å². The molecule has 0 aromatic heterocycles. The predicted octanol–water partition coefficient (Wildman–Crippen LogP) is 4.25. The Morgan fingerprint density at radius 2 is 1.90 bits per heavy atom. The molecule has 5 nitrogen and oxygen atoms in total. The Labute approximate surface area is 168 Å². The van der Waals surface area contributed by atoms with Gasteiger partial charge in [0.2, 0.25) is 5.91 Å². The maximum atomic E-state index is 14.0. The van der Waals surface area contributed by atoms with Crippen LogP contribution in [0.25, 0.3) is 0 Å². The number of carbonyl (C=O) groups excluding carboxylic acids is 2. The average molecular weight is 399 g/mol. The summed E-state index contributed by atoms with van der Waals surface area (Å²) in [7, 11) is 0. The number of anilines is 1. The molecule has 7 heteroatoms. The largest absolute Gasteiger partial charge is 0.352 e. The first-order valence-electron chi connectivity index (χ1n) is 9.46. The van der Waals surface area contributed by atoms with Gasteiger partial charge in [0, 0.05) is 19.2 Å². The molecule has 2 unspecified atom stereocenters. The zero-order valence-corrected chi connectivity index (χ0v) is 15.9. The third-order valence-corrected chi connectivity index (χ3v) is 4.99. The number of nitrogens with one attached hydrogen (secondary N) is 2. The number of hydrogen-bond donors (Lipinski definition) is 2. The smallest absolute Gasteiger partial charge is 0.322 e. The molecular formula is C22H23F2N3O2. The summed E-state index contributed by atoms with van der Waals surface area (Å²) >= 11 is 0. The van der Waals surface area contributed by atoms with Crippen molar-refractivity contribution in [1.29, 1.82) is 0 Å². The van der Waals surface area contributed by atoms with E-state index in [2.05, 4.69) is 17.2 Å². The quantitative estimate of drug-likeness (QED) is 0.739. The highest BCUT2D eigenvalue weighted by atomic mass is 19.1. The zero-order valence-electron chi connectivity index (χ0n) is 15.9. The molecule has 0 radical (unpaired) electrons. The number of hydrogen-bond acceptors (Lipinski definition) is 2. The molecule has 2 aromatic carbocycles. The molecule has 3 rings (SSSR count). The van der Waals surface area contributed by atoms with Gasteiger partial charge in [0.15, 0.2) is 0 Å². The number of benzene rings is 2. The molecule has 0 bridgehead atoms. The first-order chi connectivity index (χ1) is 14.0. The summed E-state index contributed by atoms with van der Waals surface area (Å²) in [5.41, 5.74) is 0.827. The van der Waals surface area contributed by atoms with Crippen molar-refractivity contribution in [2.24, 2.45) is 5.92 Å². The lowest BCUT2D eigenvalue weighted by Crippen LogP contribution is -2.48. The van der Waals surface area contributed by atoms with Crippen LogP contribution in [0.4, 0.5) is 19.3 Å². The number of likely N-dealkylation sites (tertiary alicyclic amines) is 1. The second-order valence-corrected chi connectivity index (χ2v) is 6.94. The van der Waals surface area contributed by atoms with Gasteiger partial charge in [-0.3, -0.25) is 4.79 Å². The third-order valence-electron chi connectivity index (χ3n) is 4.99. The van der Waals surface area contributed by atoms with Crippen LogP contribution in [0, 0.1) is 17.6 Å². The summed E-state index contributed by atoms with van der Waals surface area (Å²) in [5, 5.41) is 5.27. The summed E-state index contributed by atoms with van der Waals surface area (Å²) in [6.45, 7) is 4.13. The van der Waals surface area contributed by atoms with Crippen LogP contribution in [0.1, 0.15) is 24.4 Å². The highest BCUT2D eigenvalue weighted by molar-refractivity contribution is 5.90. The predicted molar refractivity (Wildman–Crippen MR) is 107 cm³/mol. The van der Waals surface area contributed by atoms with Gasteiger partial charge in [0.1, 0.15) is 11.6 Å². The molecule has 1 heterocycles. The first kappa shape index (κ1) is 20.5. The lowest BCUT2D eigenvalue weighted by atomic mass is 9.88. The van der Waals surface area contributed by atoms with E-state index in [-0.39, 0.29) is 30.1 Å². The molecule has 1 fully saturated rings. The van der Waals surface area contributed by atoms with Crippen molar-refractivity contribution in [3.05, 3.63) is 78.4 Å². The number of nitrogens with zero attached hydrogens (tertiary/aromatic N) is 1. The normalized spacial score (nSPS) is 18.8. The molecule has 2 aromatic rings. The van der Waals surface area contributed by atoms with Crippen molar-refractivity contribution < 1.29 is 18.4 Å². The highest BCUT2D eigenvalue weighted by Crippen LogP contribution is 2.34. The molecule has 152 valence electrons. The molecule has 2 atom stereocenters. The van der Waals surface area contributed by atoms with E-state index >= 15 is 0 Å². The monoisotopic (exact) mass is 399 g/mol. The van der Waals surface area contributed by atoms with Crippen LogP contribution in [0.15, 0.2) is 61.2 Å². The van der Waals surface area contributed by atoms with Crippen molar-refractivity contribution in [3.63, 3.8) is 0 Å². The minimum Gasteiger partial charge on any atom is -0.352 e. The fourth-order valence-electron chi connectivity index (χ4n) is 3.53. The van der Waals surface area contributed by atoms with E-state index in [1.54, 1.807) is 11.0 Å². The van der Waals surface area contributed by atoms with Crippen LogP contribution in [0.3, 0.4) is 0 Å². The van der Waals surface area contributed by atoms with E-state index in [1.807, 2.05) is 30.3 Å². The molecule has 0 spiro atoms. The Morgan fingerprint density at radius 1 is 1.14 bits per heavy atom. The fraction of sp³-hybridized carbons (Fsp3) is 0.273. The second kappa shape index (κ2) is 9.32. The van der Waals surface area contributed by atoms with Crippen molar-refractivity contribution >= 4 is 17.6 Å².